The molecule has 0 aliphatic carbocycles. The quantitative estimate of drug-likeness (QED) is 0.621. The van der Waals surface area contributed by atoms with Crippen LogP contribution in [0.25, 0.3) is 0 Å². The van der Waals surface area contributed by atoms with Gasteiger partial charge in [0, 0.05) is 6.20 Å². The molecule has 0 spiro atoms. The second-order valence-electron chi connectivity index (χ2n) is 3.74. The van der Waals surface area contributed by atoms with Crippen LogP contribution in [0.4, 0.5) is 4.39 Å². The van der Waals surface area contributed by atoms with Gasteiger partial charge in [-0.3, -0.25) is 5.84 Å². The van der Waals surface area contributed by atoms with E-state index in [1.54, 1.807) is 31.3 Å². The van der Waals surface area contributed by atoms with E-state index in [2.05, 4.69) is 15.4 Å². The van der Waals surface area contributed by atoms with E-state index in [-0.39, 0.29) is 11.9 Å². The van der Waals surface area contributed by atoms with Crippen molar-refractivity contribution in [2.24, 2.45) is 5.84 Å². The first kappa shape index (κ1) is 11.6. The highest BCUT2D eigenvalue weighted by Crippen LogP contribution is 2.21. The minimum atomic E-state index is -0.266. The van der Waals surface area contributed by atoms with Crippen molar-refractivity contribution in [3.05, 3.63) is 59.4 Å². The monoisotopic (exact) mass is 232 g/mol. The van der Waals surface area contributed by atoms with Gasteiger partial charge in [-0.15, -0.1) is 0 Å². The molecule has 2 aromatic rings. The fourth-order valence-corrected chi connectivity index (χ4v) is 1.67. The van der Waals surface area contributed by atoms with Crippen molar-refractivity contribution in [3.8, 4) is 0 Å². The van der Waals surface area contributed by atoms with Crippen molar-refractivity contribution in [1.82, 2.24) is 15.4 Å². The van der Waals surface area contributed by atoms with E-state index in [0.29, 0.717) is 5.56 Å². The predicted octanol–water partition coefficient (Wildman–Crippen LogP) is 1.48. The number of rotatable bonds is 3. The molecule has 1 aromatic heterocycles. The van der Waals surface area contributed by atoms with Crippen molar-refractivity contribution in [3.63, 3.8) is 0 Å². The van der Waals surface area contributed by atoms with Gasteiger partial charge in [0.25, 0.3) is 0 Å². The predicted molar refractivity (Wildman–Crippen MR) is 62.3 cm³/mol. The zero-order chi connectivity index (χ0) is 12.3. The molecule has 0 radical (unpaired) electrons. The Morgan fingerprint density at radius 2 is 2.18 bits per heavy atom. The maximum absolute atomic E-state index is 13.2. The first-order valence-electron chi connectivity index (χ1n) is 5.20. The Labute approximate surface area is 98.7 Å². The number of hydrogen-bond donors (Lipinski definition) is 2. The molecule has 0 saturated carbocycles. The summed E-state index contributed by atoms with van der Waals surface area (Å²) in [6.45, 7) is 1.71. The third-order valence-electron chi connectivity index (χ3n) is 2.58. The Kier molecular flexibility index (Phi) is 3.41. The molecule has 0 bridgehead atoms. The first-order valence-corrected chi connectivity index (χ1v) is 5.20. The average molecular weight is 232 g/mol. The number of aromatic nitrogens is 2. The highest BCUT2D eigenvalue weighted by atomic mass is 19.1. The number of halogens is 1. The Morgan fingerprint density at radius 3 is 2.76 bits per heavy atom. The molecule has 0 saturated heterocycles. The van der Waals surface area contributed by atoms with Gasteiger partial charge in [0.2, 0.25) is 0 Å². The normalized spacial score (nSPS) is 12.4. The summed E-state index contributed by atoms with van der Waals surface area (Å²) in [7, 11) is 0. The molecule has 3 N–H and O–H groups in total. The van der Waals surface area contributed by atoms with Gasteiger partial charge < -0.3 is 0 Å². The van der Waals surface area contributed by atoms with Crippen molar-refractivity contribution >= 4 is 0 Å². The SMILES string of the molecule is Cc1cc(C(NN)c2ccncn2)ccc1F. The van der Waals surface area contributed by atoms with Gasteiger partial charge in [0.05, 0.1) is 11.7 Å². The van der Waals surface area contributed by atoms with Crippen molar-refractivity contribution < 1.29 is 4.39 Å². The highest BCUT2D eigenvalue weighted by molar-refractivity contribution is 5.31. The van der Waals surface area contributed by atoms with Gasteiger partial charge in [-0.05, 0) is 30.2 Å². The fraction of sp³-hybridized carbons (Fsp3) is 0.167. The summed E-state index contributed by atoms with van der Waals surface area (Å²) in [5.41, 5.74) is 4.86. The van der Waals surface area contributed by atoms with Crippen LogP contribution in [-0.4, -0.2) is 9.97 Å². The summed E-state index contributed by atoms with van der Waals surface area (Å²) in [6, 6.07) is 6.37. The van der Waals surface area contributed by atoms with E-state index >= 15 is 0 Å². The van der Waals surface area contributed by atoms with Crippen LogP contribution >= 0.6 is 0 Å². The molecule has 1 unspecified atom stereocenters. The highest BCUT2D eigenvalue weighted by Gasteiger charge is 2.14. The van der Waals surface area contributed by atoms with Crippen molar-refractivity contribution in [2.45, 2.75) is 13.0 Å². The summed E-state index contributed by atoms with van der Waals surface area (Å²) in [6.07, 6.45) is 3.10. The molecule has 1 heterocycles. The second-order valence-corrected chi connectivity index (χ2v) is 3.74. The number of hydrazine groups is 1. The molecular weight excluding hydrogens is 219 g/mol. The molecule has 0 amide bonds. The number of aryl methyl sites for hydroxylation is 1. The van der Waals surface area contributed by atoms with Crippen LogP contribution in [0.15, 0.2) is 36.8 Å². The Hall–Kier alpha value is -1.85. The van der Waals surface area contributed by atoms with Crippen LogP contribution in [0.1, 0.15) is 22.9 Å². The van der Waals surface area contributed by atoms with E-state index in [1.165, 1.54) is 12.4 Å². The number of nitrogens with zero attached hydrogens (tertiary/aromatic N) is 2. The van der Waals surface area contributed by atoms with Crippen LogP contribution in [0, 0.1) is 12.7 Å². The van der Waals surface area contributed by atoms with Gasteiger partial charge in [0.15, 0.2) is 0 Å². The van der Waals surface area contributed by atoms with E-state index in [9.17, 15) is 4.39 Å². The maximum atomic E-state index is 13.2. The summed E-state index contributed by atoms with van der Waals surface area (Å²) in [5.74, 6) is 5.29. The van der Waals surface area contributed by atoms with E-state index < -0.39 is 0 Å². The van der Waals surface area contributed by atoms with Crippen molar-refractivity contribution in [2.75, 3.05) is 0 Å². The fourth-order valence-electron chi connectivity index (χ4n) is 1.67. The lowest BCUT2D eigenvalue weighted by Gasteiger charge is -2.16. The molecule has 0 fully saturated rings. The number of nitrogens with two attached hydrogens (primary N) is 1. The minimum absolute atomic E-state index is 0.229. The van der Waals surface area contributed by atoms with Crippen LogP contribution in [0.5, 0.6) is 0 Å². The Morgan fingerprint density at radius 1 is 1.35 bits per heavy atom. The molecule has 4 nitrogen and oxygen atoms in total. The molecule has 0 aliphatic rings. The molecule has 88 valence electrons. The summed E-state index contributed by atoms with van der Waals surface area (Å²) < 4.78 is 13.2. The smallest absolute Gasteiger partial charge is 0.126 e. The van der Waals surface area contributed by atoms with Gasteiger partial charge in [-0.1, -0.05) is 12.1 Å². The van der Waals surface area contributed by atoms with Crippen LogP contribution in [0.3, 0.4) is 0 Å². The molecule has 2 rings (SSSR count). The zero-order valence-electron chi connectivity index (χ0n) is 9.39. The van der Waals surface area contributed by atoms with Gasteiger partial charge in [0.1, 0.15) is 12.1 Å². The lowest BCUT2D eigenvalue weighted by Crippen LogP contribution is -2.29. The maximum Gasteiger partial charge on any atom is 0.126 e. The third-order valence-corrected chi connectivity index (χ3v) is 2.58. The average Bonchev–Trinajstić information content (AvgIpc) is 2.36. The molecule has 0 aliphatic heterocycles. The molecule has 5 heteroatoms. The number of nitrogens with one attached hydrogen (secondary N) is 1. The first-order chi connectivity index (χ1) is 8.22. The molecule has 1 aromatic carbocycles. The van der Waals surface area contributed by atoms with Crippen LogP contribution in [-0.2, 0) is 0 Å². The number of hydrogen-bond acceptors (Lipinski definition) is 4. The minimum Gasteiger partial charge on any atom is -0.271 e. The van der Waals surface area contributed by atoms with Gasteiger partial charge in [-0.25, -0.2) is 19.8 Å². The molecule has 1 atom stereocenters. The lowest BCUT2D eigenvalue weighted by molar-refractivity contribution is 0.601. The van der Waals surface area contributed by atoms with Crippen molar-refractivity contribution in [1.29, 1.82) is 0 Å². The Bertz CT molecular complexity index is 501. The zero-order valence-corrected chi connectivity index (χ0v) is 9.39. The standard InChI is InChI=1S/C12H13FN4/c1-8-6-9(2-3-10(8)13)12(17-14)11-4-5-15-7-16-11/h2-7,12,17H,14H2,1H3. The molecule has 17 heavy (non-hydrogen) atoms. The topological polar surface area (TPSA) is 63.8 Å². The number of benzene rings is 1. The Balaban J connectivity index is 2.39. The second kappa shape index (κ2) is 4.99. The lowest BCUT2D eigenvalue weighted by atomic mass is 10.0. The van der Waals surface area contributed by atoms with E-state index in [4.69, 9.17) is 5.84 Å². The summed E-state index contributed by atoms with van der Waals surface area (Å²) in [5, 5.41) is 0. The van der Waals surface area contributed by atoms with Gasteiger partial charge in [-0.2, -0.15) is 0 Å². The third kappa shape index (κ3) is 2.46. The van der Waals surface area contributed by atoms with E-state index in [1.807, 2.05) is 0 Å². The van der Waals surface area contributed by atoms with Crippen LogP contribution < -0.4 is 11.3 Å². The summed E-state index contributed by atoms with van der Waals surface area (Å²) >= 11 is 0. The largest absolute Gasteiger partial charge is 0.271 e. The molecular formula is C12H13FN4. The van der Waals surface area contributed by atoms with E-state index in [0.717, 1.165) is 11.3 Å². The summed E-state index contributed by atoms with van der Waals surface area (Å²) in [4.78, 5) is 7.98. The van der Waals surface area contributed by atoms with Gasteiger partial charge >= 0.3 is 0 Å². The van der Waals surface area contributed by atoms with Crippen LogP contribution in [0.2, 0.25) is 0 Å².